The molecule has 6 heteroatoms. The summed E-state index contributed by atoms with van der Waals surface area (Å²) in [7, 11) is 2.03. The maximum atomic E-state index is 12.9. The van der Waals surface area contributed by atoms with E-state index in [0.29, 0.717) is 10.6 Å². The highest BCUT2D eigenvalue weighted by atomic mass is 35.5. The normalized spacial score (nSPS) is 21.0. The second-order valence-electron chi connectivity index (χ2n) is 9.91. The standard InChI is InChI=1S/C27H35Cl2N3O/c1-18(2)24(31-25(33)20-7-11-22(28)12-8-20)19(3)32-16-15-27(30-6,26(4,5)17-32)21-9-13-23(29)14-10-21/h7-14,18,24,30H,3,15-17H2,1-2,4-6H3,(H,31,33)/t24-,27+/m1/s1. The maximum absolute atomic E-state index is 12.9. The number of hydrogen-bond donors (Lipinski definition) is 2. The predicted octanol–water partition coefficient (Wildman–Crippen LogP) is 6.11. The molecule has 3 rings (SSSR count). The number of nitrogens with one attached hydrogen (secondary N) is 2. The van der Waals surface area contributed by atoms with Crippen molar-refractivity contribution in [2.75, 3.05) is 20.1 Å². The third-order valence-corrected chi connectivity index (χ3v) is 7.59. The second kappa shape index (κ2) is 10.1. The molecule has 0 bridgehead atoms. The highest BCUT2D eigenvalue weighted by molar-refractivity contribution is 6.30. The van der Waals surface area contributed by atoms with Crippen LogP contribution in [-0.4, -0.2) is 37.0 Å². The molecule has 2 aromatic carbocycles. The van der Waals surface area contributed by atoms with Crippen LogP contribution in [0.4, 0.5) is 0 Å². The molecular formula is C27H35Cl2N3O. The van der Waals surface area contributed by atoms with Crippen molar-refractivity contribution in [3.8, 4) is 0 Å². The largest absolute Gasteiger partial charge is 0.373 e. The van der Waals surface area contributed by atoms with Gasteiger partial charge in [-0.3, -0.25) is 4.79 Å². The quantitative estimate of drug-likeness (QED) is 0.495. The summed E-state index contributed by atoms with van der Waals surface area (Å²) in [6, 6.07) is 14.9. The summed E-state index contributed by atoms with van der Waals surface area (Å²) >= 11 is 12.1. The third kappa shape index (κ3) is 5.24. The Kier molecular flexibility index (Phi) is 7.83. The topological polar surface area (TPSA) is 44.4 Å². The van der Waals surface area contributed by atoms with Gasteiger partial charge < -0.3 is 15.5 Å². The molecule has 4 nitrogen and oxygen atoms in total. The number of piperidine rings is 1. The first-order valence-electron chi connectivity index (χ1n) is 11.5. The van der Waals surface area contributed by atoms with Crippen molar-refractivity contribution < 1.29 is 4.79 Å². The first kappa shape index (κ1) is 25.6. The Bertz CT molecular complexity index is 985. The molecule has 0 saturated carbocycles. The SMILES string of the molecule is C=C([C@H](NC(=O)c1ccc(Cl)cc1)C(C)C)N1CC[C@](NC)(c2ccc(Cl)cc2)C(C)(C)C1. The molecule has 2 N–H and O–H groups in total. The molecule has 2 atom stereocenters. The average molecular weight is 489 g/mol. The number of halogens is 2. The lowest BCUT2D eigenvalue weighted by atomic mass is 9.63. The van der Waals surface area contributed by atoms with E-state index in [0.717, 1.165) is 30.2 Å². The van der Waals surface area contributed by atoms with Gasteiger partial charge in [-0.15, -0.1) is 0 Å². The minimum absolute atomic E-state index is 0.0987. The van der Waals surface area contributed by atoms with Crippen molar-refractivity contribution in [2.24, 2.45) is 11.3 Å². The van der Waals surface area contributed by atoms with E-state index < -0.39 is 0 Å². The molecule has 0 aromatic heterocycles. The first-order valence-corrected chi connectivity index (χ1v) is 12.2. The van der Waals surface area contributed by atoms with Crippen LogP contribution in [0.3, 0.4) is 0 Å². The lowest BCUT2D eigenvalue weighted by Crippen LogP contribution is -2.62. The van der Waals surface area contributed by atoms with E-state index in [4.69, 9.17) is 23.2 Å². The molecule has 1 heterocycles. The molecule has 2 aromatic rings. The van der Waals surface area contributed by atoms with Crippen molar-refractivity contribution in [1.82, 2.24) is 15.5 Å². The molecule has 0 radical (unpaired) electrons. The molecular weight excluding hydrogens is 453 g/mol. The van der Waals surface area contributed by atoms with Crippen molar-refractivity contribution in [3.05, 3.63) is 82.0 Å². The van der Waals surface area contributed by atoms with Crippen LogP contribution in [0.25, 0.3) is 0 Å². The van der Waals surface area contributed by atoms with Crippen molar-refractivity contribution in [1.29, 1.82) is 0 Å². The van der Waals surface area contributed by atoms with Crippen molar-refractivity contribution in [3.63, 3.8) is 0 Å². The number of likely N-dealkylation sites (tertiary alicyclic amines) is 1. The molecule has 0 spiro atoms. The van der Waals surface area contributed by atoms with Crippen LogP contribution in [0.1, 0.15) is 50.0 Å². The van der Waals surface area contributed by atoms with Gasteiger partial charge in [0.1, 0.15) is 0 Å². The van der Waals surface area contributed by atoms with Gasteiger partial charge in [0.15, 0.2) is 0 Å². The minimum atomic E-state index is -0.186. The summed E-state index contributed by atoms with van der Waals surface area (Å²) in [4.78, 5) is 15.2. The second-order valence-corrected chi connectivity index (χ2v) is 10.8. The number of hydrogen-bond acceptors (Lipinski definition) is 3. The predicted molar refractivity (Wildman–Crippen MR) is 139 cm³/mol. The average Bonchev–Trinajstić information content (AvgIpc) is 2.77. The molecule has 33 heavy (non-hydrogen) atoms. The fraction of sp³-hybridized carbons (Fsp3) is 0.444. The zero-order chi connectivity index (χ0) is 24.4. The van der Waals surface area contributed by atoms with Crippen molar-refractivity contribution in [2.45, 2.75) is 45.7 Å². The molecule has 1 fully saturated rings. The number of nitrogens with zero attached hydrogens (tertiary/aromatic N) is 1. The Hall–Kier alpha value is -2.01. The molecule has 1 amide bonds. The van der Waals surface area contributed by atoms with Crippen LogP contribution < -0.4 is 10.6 Å². The van der Waals surface area contributed by atoms with E-state index in [9.17, 15) is 4.79 Å². The van der Waals surface area contributed by atoms with Gasteiger partial charge in [-0.05, 0) is 61.3 Å². The summed E-state index contributed by atoms with van der Waals surface area (Å²) in [5.74, 6) is 0.0811. The van der Waals surface area contributed by atoms with Crippen LogP contribution in [-0.2, 0) is 5.54 Å². The van der Waals surface area contributed by atoms with E-state index in [1.807, 2.05) is 19.2 Å². The van der Waals surface area contributed by atoms with Crippen LogP contribution in [0.15, 0.2) is 60.8 Å². The summed E-state index contributed by atoms with van der Waals surface area (Å²) in [6.45, 7) is 14.9. The van der Waals surface area contributed by atoms with E-state index in [1.54, 1.807) is 24.3 Å². The summed E-state index contributed by atoms with van der Waals surface area (Å²) < 4.78 is 0. The minimum Gasteiger partial charge on any atom is -0.373 e. The zero-order valence-electron chi connectivity index (χ0n) is 20.2. The highest BCUT2D eigenvalue weighted by Gasteiger charge is 2.49. The number of carbonyl (C=O) groups excluding carboxylic acids is 1. The van der Waals surface area contributed by atoms with E-state index in [-0.39, 0.29) is 28.8 Å². The lowest BCUT2D eigenvalue weighted by molar-refractivity contribution is 0.0194. The van der Waals surface area contributed by atoms with Gasteiger partial charge in [0.2, 0.25) is 0 Å². The molecule has 1 saturated heterocycles. The van der Waals surface area contributed by atoms with Gasteiger partial charge in [-0.1, -0.05) is 69.6 Å². The fourth-order valence-electron chi connectivity index (χ4n) is 5.11. The van der Waals surface area contributed by atoms with Gasteiger partial charge >= 0.3 is 0 Å². The van der Waals surface area contributed by atoms with Crippen molar-refractivity contribution >= 4 is 29.1 Å². The molecule has 178 valence electrons. The number of rotatable bonds is 7. The number of carbonyl (C=O) groups is 1. The summed E-state index contributed by atoms with van der Waals surface area (Å²) in [5, 5.41) is 8.18. The molecule has 0 unspecified atom stereocenters. The van der Waals surface area contributed by atoms with Gasteiger partial charge in [-0.25, -0.2) is 0 Å². The Labute approximate surface area is 208 Å². The fourth-order valence-corrected chi connectivity index (χ4v) is 5.36. The van der Waals surface area contributed by atoms with Crippen LogP contribution in [0.2, 0.25) is 10.0 Å². The summed E-state index contributed by atoms with van der Waals surface area (Å²) in [6.07, 6.45) is 0.910. The van der Waals surface area contributed by atoms with E-state index >= 15 is 0 Å². The third-order valence-electron chi connectivity index (χ3n) is 7.09. The zero-order valence-corrected chi connectivity index (χ0v) is 21.7. The van der Waals surface area contributed by atoms with E-state index in [1.165, 1.54) is 5.56 Å². The molecule has 1 aliphatic rings. The van der Waals surface area contributed by atoms with Gasteiger partial charge in [-0.2, -0.15) is 0 Å². The Morgan fingerprint density at radius 3 is 2.06 bits per heavy atom. The van der Waals surface area contributed by atoms with E-state index in [2.05, 4.69) is 61.9 Å². The highest BCUT2D eigenvalue weighted by Crippen LogP contribution is 2.47. The van der Waals surface area contributed by atoms with Crippen LogP contribution in [0.5, 0.6) is 0 Å². The first-order chi connectivity index (χ1) is 15.5. The Morgan fingerprint density at radius 2 is 1.58 bits per heavy atom. The monoisotopic (exact) mass is 487 g/mol. The smallest absolute Gasteiger partial charge is 0.251 e. The van der Waals surface area contributed by atoms with Gasteiger partial charge in [0, 0.05) is 39.8 Å². The van der Waals surface area contributed by atoms with Gasteiger partial charge in [0.05, 0.1) is 11.6 Å². The lowest BCUT2D eigenvalue weighted by Gasteiger charge is -2.55. The number of benzene rings is 2. The van der Waals surface area contributed by atoms with Gasteiger partial charge in [0.25, 0.3) is 5.91 Å². The van der Waals surface area contributed by atoms with Crippen LogP contribution in [0, 0.1) is 11.3 Å². The molecule has 0 aliphatic carbocycles. The Morgan fingerprint density at radius 1 is 1.03 bits per heavy atom. The maximum Gasteiger partial charge on any atom is 0.251 e. The Balaban J connectivity index is 1.79. The van der Waals surface area contributed by atoms with Crippen LogP contribution >= 0.6 is 23.2 Å². The molecule has 1 aliphatic heterocycles. The number of amides is 1. The summed E-state index contributed by atoms with van der Waals surface area (Å²) in [5.41, 5.74) is 2.49.